The van der Waals surface area contributed by atoms with E-state index in [-0.39, 0.29) is 60.2 Å². The smallest absolute Gasteiger partial charge is 0.387 e. The fraction of sp³-hybridized carbons (Fsp3) is 0.450. The lowest BCUT2D eigenvalue weighted by molar-refractivity contribution is -0.146. The molecular weight excluding hydrogens is 370 g/mol. The highest BCUT2D eigenvalue weighted by Crippen LogP contribution is 2.52. The van der Waals surface area contributed by atoms with Gasteiger partial charge in [-0.05, 0) is 36.0 Å². The SMILES string of the molecule is CN(Cc1ccc(OC(F)F)cc1)C(=O)CN1C(=O)[C@@H]2[C@H](C1=O)[C@@H]1C=C[C@@H]2C1. The average Bonchev–Trinajstić information content (AvgIpc) is 3.33. The van der Waals surface area contributed by atoms with E-state index >= 15 is 0 Å². The van der Waals surface area contributed by atoms with Gasteiger partial charge in [-0.3, -0.25) is 19.3 Å². The van der Waals surface area contributed by atoms with Crippen LogP contribution in [0.3, 0.4) is 0 Å². The minimum Gasteiger partial charge on any atom is -0.435 e. The lowest BCUT2D eigenvalue weighted by atomic mass is 9.85. The minimum absolute atomic E-state index is 0.0377. The first-order valence-corrected chi connectivity index (χ1v) is 9.16. The summed E-state index contributed by atoms with van der Waals surface area (Å²) in [6.07, 6.45) is 4.87. The first-order chi connectivity index (χ1) is 13.3. The number of benzene rings is 1. The average molecular weight is 390 g/mol. The number of amides is 3. The zero-order valence-corrected chi connectivity index (χ0v) is 15.3. The number of alkyl halides is 2. The maximum atomic E-state index is 12.7. The molecule has 4 rings (SSSR count). The van der Waals surface area contributed by atoms with Crippen molar-refractivity contribution in [2.24, 2.45) is 23.7 Å². The van der Waals surface area contributed by atoms with Crippen LogP contribution in [-0.2, 0) is 20.9 Å². The molecule has 1 aromatic rings. The van der Waals surface area contributed by atoms with E-state index in [0.29, 0.717) is 0 Å². The number of nitrogens with zero attached hydrogens (tertiary/aromatic N) is 2. The first kappa shape index (κ1) is 18.6. The van der Waals surface area contributed by atoms with Crippen LogP contribution >= 0.6 is 0 Å². The van der Waals surface area contributed by atoms with Crippen molar-refractivity contribution in [2.75, 3.05) is 13.6 Å². The molecule has 28 heavy (non-hydrogen) atoms. The predicted octanol–water partition coefficient (Wildman–Crippen LogP) is 2.05. The van der Waals surface area contributed by atoms with Crippen molar-refractivity contribution in [3.8, 4) is 5.75 Å². The molecule has 2 aliphatic carbocycles. The van der Waals surface area contributed by atoms with Crippen molar-refractivity contribution in [1.82, 2.24) is 9.80 Å². The van der Waals surface area contributed by atoms with Crippen LogP contribution in [0.1, 0.15) is 12.0 Å². The Kier molecular flexibility index (Phi) is 4.64. The third-order valence-electron chi connectivity index (χ3n) is 5.85. The third-order valence-corrected chi connectivity index (χ3v) is 5.85. The molecule has 3 amide bonds. The number of halogens is 2. The van der Waals surface area contributed by atoms with Crippen LogP contribution in [0.2, 0.25) is 0 Å². The fourth-order valence-electron chi connectivity index (χ4n) is 4.51. The number of likely N-dealkylation sites (N-methyl/N-ethyl adjacent to an activating group) is 1. The molecule has 0 spiro atoms. The number of carbonyl (C=O) groups is 3. The quantitative estimate of drug-likeness (QED) is 0.551. The number of imide groups is 1. The monoisotopic (exact) mass is 390 g/mol. The molecule has 1 saturated carbocycles. The number of hydrogen-bond acceptors (Lipinski definition) is 4. The van der Waals surface area contributed by atoms with Gasteiger partial charge in [-0.2, -0.15) is 8.78 Å². The molecule has 2 bridgehead atoms. The van der Waals surface area contributed by atoms with Crippen LogP contribution in [0.5, 0.6) is 5.75 Å². The molecule has 1 aromatic carbocycles. The maximum absolute atomic E-state index is 12.7. The Labute approximate surface area is 160 Å². The first-order valence-electron chi connectivity index (χ1n) is 9.16. The highest BCUT2D eigenvalue weighted by atomic mass is 19.3. The predicted molar refractivity (Wildman–Crippen MR) is 94.0 cm³/mol. The van der Waals surface area contributed by atoms with Gasteiger partial charge < -0.3 is 9.64 Å². The van der Waals surface area contributed by atoms with Crippen LogP contribution < -0.4 is 4.74 Å². The summed E-state index contributed by atoms with van der Waals surface area (Å²) >= 11 is 0. The van der Waals surface area contributed by atoms with Gasteiger partial charge in [0.2, 0.25) is 17.7 Å². The molecule has 0 radical (unpaired) electrons. The van der Waals surface area contributed by atoms with E-state index in [9.17, 15) is 23.2 Å². The van der Waals surface area contributed by atoms with E-state index in [1.54, 1.807) is 19.2 Å². The van der Waals surface area contributed by atoms with Crippen molar-refractivity contribution >= 4 is 17.7 Å². The highest BCUT2D eigenvalue weighted by molar-refractivity contribution is 6.08. The van der Waals surface area contributed by atoms with Gasteiger partial charge in [-0.15, -0.1) is 0 Å². The zero-order valence-electron chi connectivity index (χ0n) is 15.3. The lowest BCUT2D eigenvalue weighted by Gasteiger charge is -2.22. The molecule has 148 valence electrons. The Bertz CT molecular complexity index is 809. The number of hydrogen-bond donors (Lipinski definition) is 0. The minimum atomic E-state index is -2.89. The van der Waals surface area contributed by atoms with E-state index in [4.69, 9.17) is 0 Å². The number of allylic oxidation sites excluding steroid dienone is 2. The Morgan fingerprint density at radius 3 is 2.25 bits per heavy atom. The molecule has 0 N–H and O–H groups in total. The van der Waals surface area contributed by atoms with Gasteiger partial charge in [-0.25, -0.2) is 0 Å². The summed E-state index contributed by atoms with van der Waals surface area (Å²) in [5, 5.41) is 0. The van der Waals surface area contributed by atoms with Gasteiger partial charge in [-0.1, -0.05) is 24.3 Å². The summed E-state index contributed by atoms with van der Waals surface area (Å²) < 4.78 is 28.7. The Morgan fingerprint density at radius 2 is 1.71 bits per heavy atom. The van der Waals surface area contributed by atoms with Crippen molar-refractivity contribution < 1.29 is 27.9 Å². The topological polar surface area (TPSA) is 66.9 Å². The van der Waals surface area contributed by atoms with Crippen LogP contribution in [-0.4, -0.2) is 47.7 Å². The van der Waals surface area contributed by atoms with Gasteiger partial charge in [0.1, 0.15) is 12.3 Å². The van der Waals surface area contributed by atoms with Gasteiger partial charge in [0.05, 0.1) is 11.8 Å². The molecule has 2 fully saturated rings. The second-order valence-corrected chi connectivity index (χ2v) is 7.53. The molecule has 1 saturated heterocycles. The largest absolute Gasteiger partial charge is 0.435 e. The summed E-state index contributed by atoms with van der Waals surface area (Å²) in [6.45, 7) is -2.94. The fourth-order valence-corrected chi connectivity index (χ4v) is 4.51. The summed E-state index contributed by atoms with van der Waals surface area (Å²) in [7, 11) is 1.57. The van der Waals surface area contributed by atoms with E-state index in [1.807, 2.05) is 12.2 Å². The summed E-state index contributed by atoms with van der Waals surface area (Å²) in [4.78, 5) is 40.4. The van der Waals surface area contributed by atoms with E-state index in [0.717, 1.165) is 16.9 Å². The van der Waals surface area contributed by atoms with Crippen molar-refractivity contribution in [1.29, 1.82) is 0 Å². The van der Waals surface area contributed by atoms with Crippen LogP contribution in [0.15, 0.2) is 36.4 Å². The maximum Gasteiger partial charge on any atom is 0.387 e. The molecule has 4 atom stereocenters. The number of rotatable bonds is 6. The Balaban J connectivity index is 1.36. The van der Waals surface area contributed by atoms with Crippen molar-refractivity contribution in [3.63, 3.8) is 0 Å². The molecule has 8 heteroatoms. The van der Waals surface area contributed by atoms with E-state index in [2.05, 4.69) is 4.74 Å². The summed E-state index contributed by atoms with van der Waals surface area (Å²) in [6, 6.07) is 5.97. The summed E-state index contributed by atoms with van der Waals surface area (Å²) in [5.41, 5.74) is 0.718. The van der Waals surface area contributed by atoms with Gasteiger partial charge >= 0.3 is 6.61 Å². The van der Waals surface area contributed by atoms with Crippen molar-refractivity contribution in [3.05, 3.63) is 42.0 Å². The number of ether oxygens (including phenoxy) is 1. The normalized spacial score (nSPS) is 27.6. The molecule has 1 aliphatic heterocycles. The molecule has 1 heterocycles. The second kappa shape index (κ2) is 7.00. The number of likely N-dealkylation sites (tertiary alicyclic amines) is 1. The highest BCUT2D eigenvalue weighted by Gasteiger charge is 2.59. The summed E-state index contributed by atoms with van der Waals surface area (Å²) in [5.74, 6) is -1.22. The molecule has 0 aromatic heterocycles. The Hall–Kier alpha value is -2.77. The molecule has 0 unspecified atom stereocenters. The number of carbonyl (C=O) groups excluding carboxylic acids is 3. The van der Waals surface area contributed by atoms with E-state index in [1.165, 1.54) is 17.0 Å². The van der Waals surface area contributed by atoms with Gasteiger partial charge in [0, 0.05) is 13.6 Å². The second-order valence-electron chi connectivity index (χ2n) is 7.53. The molecule has 3 aliphatic rings. The lowest BCUT2D eigenvalue weighted by Crippen LogP contribution is -2.42. The van der Waals surface area contributed by atoms with Crippen LogP contribution in [0, 0.1) is 23.7 Å². The van der Waals surface area contributed by atoms with Crippen LogP contribution in [0.25, 0.3) is 0 Å². The van der Waals surface area contributed by atoms with E-state index < -0.39 is 6.61 Å². The standard InChI is InChI=1S/C20H20F2N2O4/c1-23(9-11-2-6-14(7-3-11)28-20(21)22)15(25)10-24-18(26)16-12-4-5-13(8-12)17(16)19(24)27/h2-7,12-13,16-17,20H,8-10H2,1H3/t12-,13-,16-,17+/m1/s1. The molecule has 6 nitrogen and oxygen atoms in total. The number of fused-ring (bicyclic) bond motifs is 5. The Morgan fingerprint density at radius 1 is 1.14 bits per heavy atom. The zero-order chi connectivity index (χ0) is 20.0. The van der Waals surface area contributed by atoms with Crippen LogP contribution in [0.4, 0.5) is 8.78 Å². The van der Waals surface area contributed by atoms with Gasteiger partial charge in [0.15, 0.2) is 0 Å². The molecular formula is C20H20F2N2O4. The van der Waals surface area contributed by atoms with Crippen molar-refractivity contribution in [2.45, 2.75) is 19.6 Å². The third kappa shape index (κ3) is 3.16. The van der Waals surface area contributed by atoms with Gasteiger partial charge in [0.25, 0.3) is 0 Å².